The van der Waals surface area contributed by atoms with Gasteiger partial charge in [0, 0.05) is 32.4 Å². The Bertz CT molecular complexity index is 1420. The smallest absolute Gasteiger partial charge is 0.292 e. The fraction of sp³-hybridized carbons (Fsp3) is 0.250. The zero-order chi connectivity index (χ0) is 21.8. The normalized spacial score (nSPS) is 15.7. The number of oxazole rings is 1. The number of amides is 1. The largest absolute Gasteiger partial charge is 0.424 e. The molecule has 0 bridgehead atoms. The number of aromatic nitrogens is 3. The third kappa shape index (κ3) is 3.51. The first kappa shape index (κ1) is 19.5. The van der Waals surface area contributed by atoms with Crippen molar-refractivity contribution in [1.82, 2.24) is 23.6 Å². The highest BCUT2D eigenvalue weighted by Crippen LogP contribution is 2.26. The van der Waals surface area contributed by atoms with E-state index in [-0.39, 0.29) is 25.0 Å². The average molecular weight is 440 g/mol. The Hall–Kier alpha value is -3.44. The van der Waals surface area contributed by atoms with Crippen molar-refractivity contribution >= 4 is 38.7 Å². The molecule has 1 aromatic carbocycles. The summed E-state index contributed by atoms with van der Waals surface area (Å²) in [5.41, 5.74) is 9.74. The number of hydrogen-bond donors (Lipinski definition) is 1. The number of nitrogens with two attached hydrogens (primary N) is 1. The Labute approximate surface area is 177 Å². The molecule has 0 aliphatic carbocycles. The van der Waals surface area contributed by atoms with Gasteiger partial charge in [-0.25, -0.2) is 13.4 Å². The molecule has 31 heavy (non-hydrogen) atoms. The lowest BCUT2D eigenvalue weighted by atomic mass is 10.1. The molecule has 3 aromatic heterocycles. The minimum Gasteiger partial charge on any atom is -0.424 e. The van der Waals surface area contributed by atoms with Gasteiger partial charge < -0.3 is 15.1 Å². The molecule has 4 aromatic rings. The minimum absolute atomic E-state index is 0.112. The molecular weight excluding hydrogens is 420 g/mol. The summed E-state index contributed by atoms with van der Waals surface area (Å²) in [6.07, 6.45) is 4.58. The van der Waals surface area contributed by atoms with Crippen LogP contribution in [0.1, 0.15) is 10.5 Å². The van der Waals surface area contributed by atoms with Crippen LogP contribution in [0.3, 0.4) is 0 Å². The summed E-state index contributed by atoms with van der Waals surface area (Å²) in [4.78, 5) is 23.3. The minimum atomic E-state index is -3.26. The van der Waals surface area contributed by atoms with E-state index in [0.717, 1.165) is 11.1 Å². The number of benzene rings is 1. The Morgan fingerprint density at radius 3 is 2.58 bits per heavy atom. The van der Waals surface area contributed by atoms with E-state index >= 15 is 0 Å². The van der Waals surface area contributed by atoms with E-state index in [1.807, 2.05) is 30.5 Å². The monoisotopic (exact) mass is 440 g/mol. The molecule has 11 heteroatoms. The molecule has 0 atom stereocenters. The molecule has 0 saturated carbocycles. The second-order valence-corrected chi connectivity index (χ2v) is 9.46. The number of sulfonamides is 1. The van der Waals surface area contributed by atoms with E-state index in [1.165, 1.54) is 10.6 Å². The molecule has 1 aliphatic heterocycles. The fourth-order valence-corrected chi connectivity index (χ4v) is 4.65. The predicted octanol–water partition coefficient (Wildman–Crippen LogP) is 1.44. The topological polar surface area (TPSA) is 127 Å². The SMILES string of the molecule is CS(=O)(=O)N1CCN(C(=O)c2cnc3ccc(-c4ccc5oc(N)nc5c4)cn23)CC1. The van der Waals surface area contributed by atoms with Crippen LogP contribution in [0.5, 0.6) is 0 Å². The molecule has 5 rings (SSSR count). The van der Waals surface area contributed by atoms with Crippen molar-refractivity contribution in [2.75, 3.05) is 38.2 Å². The summed E-state index contributed by atoms with van der Waals surface area (Å²) in [7, 11) is -3.26. The Kier molecular flexibility index (Phi) is 4.45. The number of hydrogen-bond acceptors (Lipinski definition) is 7. The molecule has 1 amide bonds. The number of anilines is 1. The number of nitrogen functional groups attached to an aromatic ring is 1. The van der Waals surface area contributed by atoms with Gasteiger partial charge in [0.2, 0.25) is 10.0 Å². The van der Waals surface area contributed by atoms with Crippen LogP contribution < -0.4 is 5.73 Å². The van der Waals surface area contributed by atoms with Crippen molar-refractivity contribution in [3.05, 3.63) is 48.4 Å². The maximum absolute atomic E-state index is 13.1. The first-order valence-electron chi connectivity index (χ1n) is 9.67. The molecule has 0 spiro atoms. The lowest BCUT2D eigenvalue weighted by Gasteiger charge is -2.33. The molecule has 2 N–H and O–H groups in total. The van der Waals surface area contributed by atoms with Crippen LogP contribution in [0.25, 0.3) is 27.9 Å². The van der Waals surface area contributed by atoms with Gasteiger partial charge >= 0.3 is 0 Å². The number of imidazole rings is 1. The molecule has 10 nitrogen and oxygen atoms in total. The number of fused-ring (bicyclic) bond motifs is 2. The number of nitrogens with zero attached hydrogens (tertiary/aromatic N) is 5. The van der Waals surface area contributed by atoms with Gasteiger partial charge in [0.25, 0.3) is 11.9 Å². The number of pyridine rings is 1. The number of piperazine rings is 1. The second kappa shape index (κ2) is 7.06. The van der Waals surface area contributed by atoms with Crippen molar-refractivity contribution < 1.29 is 17.6 Å². The molecule has 1 aliphatic rings. The van der Waals surface area contributed by atoms with Crippen LogP contribution in [0.2, 0.25) is 0 Å². The Morgan fingerprint density at radius 1 is 1.10 bits per heavy atom. The maximum atomic E-state index is 13.1. The van der Waals surface area contributed by atoms with Crippen LogP contribution in [0.15, 0.2) is 47.1 Å². The van der Waals surface area contributed by atoms with Gasteiger partial charge in [-0.3, -0.25) is 9.20 Å². The first-order valence-corrected chi connectivity index (χ1v) is 11.5. The van der Waals surface area contributed by atoms with Gasteiger partial charge in [-0.1, -0.05) is 6.07 Å². The highest BCUT2D eigenvalue weighted by atomic mass is 32.2. The van der Waals surface area contributed by atoms with Gasteiger partial charge in [0.05, 0.1) is 12.5 Å². The quantitative estimate of drug-likeness (QED) is 0.511. The van der Waals surface area contributed by atoms with Gasteiger partial charge in [-0.2, -0.15) is 9.29 Å². The summed E-state index contributed by atoms with van der Waals surface area (Å²) in [5.74, 6) is -0.183. The van der Waals surface area contributed by atoms with Crippen molar-refractivity contribution in [2.45, 2.75) is 0 Å². The van der Waals surface area contributed by atoms with Crippen molar-refractivity contribution in [2.24, 2.45) is 0 Å². The van der Waals surface area contributed by atoms with E-state index in [1.54, 1.807) is 21.6 Å². The van der Waals surface area contributed by atoms with E-state index in [4.69, 9.17) is 10.2 Å². The predicted molar refractivity (Wildman–Crippen MR) is 115 cm³/mol. The highest BCUT2D eigenvalue weighted by molar-refractivity contribution is 7.88. The van der Waals surface area contributed by atoms with E-state index in [0.29, 0.717) is 35.5 Å². The van der Waals surface area contributed by atoms with E-state index < -0.39 is 10.0 Å². The number of rotatable bonds is 3. The average Bonchev–Trinajstić information content (AvgIpc) is 3.34. The number of carbonyl (C=O) groups is 1. The van der Waals surface area contributed by atoms with Crippen LogP contribution in [-0.2, 0) is 10.0 Å². The molecule has 0 unspecified atom stereocenters. The van der Waals surface area contributed by atoms with E-state index in [9.17, 15) is 13.2 Å². The summed E-state index contributed by atoms with van der Waals surface area (Å²) in [5, 5.41) is 0. The fourth-order valence-electron chi connectivity index (χ4n) is 3.82. The molecular formula is C20H20N6O4S. The summed E-state index contributed by atoms with van der Waals surface area (Å²) in [6, 6.07) is 9.46. The zero-order valence-corrected chi connectivity index (χ0v) is 17.5. The zero-order valence-electron chi connectivity index (χ0n) is 16.7. The van der Waals surface area contributed by atoms with Crippen molar-refractivity contribution in [3.8, 4) is 11.1 Å². The third-order valence-electron chi connectivity index (χ3n) is 5.46. The molecule has 4 heterocycles. The van der Waals surface area contributed by atoms with Crippen molar-refractivity contribution in [1.29, 1.82) is 0 Å². The lowest BCUT2D eigenvalue weighted by Crippen LogP contribution is -2.50. The van der Waals surface area contributed by atoms with Gasteiger partial charge in [-0.15, -0.1) is 0 Å². The summed E-state index contributed by atoms with van der Waals surface area (Å²) in [6.45, 7) is 1.24. The van der Waals surface area contributed by atoms with Crippen LogP contribution in [0, 0.1) is 0 Å². The van der Waals surface area contributed by atoms with Gasteiger partial charge in [0.1, 0.15) is 16.9 Å². The summed E-state index contributed by atoms with van der Waals surface area (Å²) >= 11 is 0. The maximum Gasteiger partial charge on any atom is 0.292 e. The van der Waals surface area contributed by atoms with Crippen LogP contribution in [-0.4, -0.2) is 70.3 Å². The second-order valence-electron chi connectivity index (χ2n) is 7.48. The molecule has 1 fully saturated rings. The van der Waals surface area contributed by atoms with Gasteiger partial charge in [-0.05, 0) is 35.4 Å². The summed E-state index contributed by atoms with van der Waals surface area (Å²) < 4.78 is 31.9. The van der Waals surface area contributed by atoms with Crippen LogP contribution >= 0.6 is 0 Å². The van der Waals surface area contributed by atoms with E-state index in [2.05, 4.69) is 9.97 Å². The lowest BCUT2D eigenvalue weighted by molar-refractivity contribution is 0.0691. The van der Waals surface area contributed by atoms with Crippen molar-refractivity contribution in [3.63, 3.8) is 0 Å². The first-order chi connectivity index (χ1) is 14.8. The highest BCUT2D eigenvalue weighted by Gasteiger charge is 2.28. The molecule has 0 radical (unpaired) electrons. The Morgan fingerprint density at radius 2 is 1.84 bits per heavy atom. The number of carbonyl (C=O) groups excluding carboxylic acids is 1. The Balaban J connectivity index is 1.45. The molecule has 160 valence electrons. The third-order valence-corrected chi connectivity index (χ3v) is 6.76. The van der Waals surface area contributed by atoms with Gasteiger partial charge in [0.15, 0.2) is 5.58 Å². The van der Waals surface area contributed by atoms with Crippen LogP contribution in [0.4, 0.5) is 6.01 Å². The standard InChI is InChI=1S/C20H20N6O4S/c1-31(28,29)25-8-6-24(7-9-25)19(27)16-11-22-18-5-3-14(12-26(16)18)13-2-4-17-15(10-13)23-20(21)30-17/h2-5,10-12H,6-9H2,1H3,(H2,21,23). The molecule has 1 saturated heterocycles.